The molecule has 1 saturated heterocycles. The molecule has 0 aromatic carbocycles. The molecule has 1 N–H and O–H groups in total. The lowest BCUT2D eigenvalue weighted by atomic mass is 9.97. The van der Waals surface area contributed by atoms with Gasteiger partial charge in [0.25, 0.3) is 0 Å². The summed E-state index contributed by atoms with van der Waals surface area (Å²) in [6.07, 6.45) is 0.111. The summed E-state index contributed by atoms with van der Waals surface area (Å²) in [7, 11) is -3.17. The Morgan fingerprint density at radius 2 is 1.86 bits per heavy atom. The molecular weight excluding hydrogens is 205 g/mol. The Hall–Kier alpha value is -0.160. The van der Waals surface area contributed by atoms with E-state index in [-0.39, 0.29) is 25.3 Å². The predicted octanol–water partition coefficient (Wildman–Crippen LogP) is 0.901. The lowest BCUT2D eigenvalue weighted by Crippen LogP contribution is -2.57. The van der Waals surface area contributed by atoms with Gasteiger partial charge in [-0.15, -0.1) is 0 Å². The van der Waals surface area contributed by atoms with E-state index in [4.69, 9.17) is 0 Å². The number of halogens is 1. The van der Waals surface area contributed by atoms with Crippen LogP contribution in [-0.4, -0.2) is 37.7 Å². The Bertz CT molecular complexity index is 301. The molecule has 0 aromatic heterocycles. The molecule has 1 rings (SSSR count). The van der Waals surface area contributed by atoms with Gasteiger partial charge in [-0.3, -0.25) is 0 Å². The third-order valence-electron chi connectivity index (χ3n) is 2.64. The van der Waals surface area contributed by atoms with Crippen molar-refractivity contribution < 1.29 is 12.8 Å². The van der Waals surface area contributed by atoms with Gasteiger partial charge in [-0.05, 0) is 27.2 Å². The minimum absolute atomic E-state index is 0.0608. The molecule has 84 valence electrons. The van der Waals surface area contributed by atoms with Crippen molar-refractivity contribution >= 4 is 9.84 Å². The van der Waals surface area contributed by atoms with E-state index in [9.17, 15) is 12.8 Å². The Labute approximate surface area is 85.0 Å². The van der Waals surface area contributed by atoms with E-state index in [1.807, 2.05) is 0 Å². The molecule has 0 aliphatic carbocycles. The van der Waals surface area contributed by atoms with Crippen molar-refractivity contribution in [2.24, 2.45) is 0 Å². The first-order chi connectivity index (χ1) is 6.16. The second-order valence-corrected chi connectivity index (χ2v) is 7.80. The first-order valence-electron chi connectivity index (χ1n) is 4.78. The number of rotatable bonds is 3. The summed E-state index contributed by atoms with van der Waals surface area (Å²) in [4.78, 5) is 0. The maximum absolute atomic E-state index is 13.5. The molecule has 1 aliphatic rings. The second-order valence-electron chi connectivity index (χ2n) is 4.94. The third kappa shape index (κ3) is 2.45. The molecule has 5 heteroatoms. The van der Waals surface area contributed by atoms with Crippen molar-refractivity contribution in [3.63, 3.8) is 0 Å². The van der Waals surface area contributed by atoms with Crippen LogP contribution >= 0.6 is 0 Å². The summed E-state index contributed by atoms with van der Waals surface area (Å²) >= 11 is 0. The molecule has 0 unspecified atom stereocenters. The van der Waals surface area contributed by atoms with Crippen molar-refractivity contribution in [3.05, 3.63) is 0 Å². The van der Waals surface area contributed by atoms with E-state index in [0.717, 1.165) is 0 Å². The Kier molecular flexibility index (Phi) is 2.94. The Balaban J connectivity index is 2.53. The van der Waals surface area contributed by atoms with Crippen LogP contribution in [-0.2, 0) is 9.84 Å². The zero-order valence-corrected chi connectivity index (χ0v) is 9.75. The highest BCUT2D eigenvalue weighted by Crippen LogP contribution is 2.25. The average molecular weight is 223 g/mol. The molecule has 0 amide bonds. The maximum Gasteiger partial charge on any atom is 0.155 e. The van der Waals surface area contributed by atoms with Gasteiger partial charge in [-0.2, -0.15) is 0 Å². The highest BCUT2D eigenvalue weighted by molar-refractivity contribution is 7.92. The Morgan fingerprint density at radius 1 is 1.36 bits per heavy atom. The molecular formula is C9H18FNO2S. The van der Waals surface area contributed by atoms with Gasteiger partial charge in [0.05, 0.1) is 10.5 Å². The molecule has 14 heavy (non-hydrogen) atoms. The van der Waals surface area contributed by atoms with E-state index in [1.54, 1.807) is 20.8 Å². The third-order valence-corrected chi connectivity index (χ3v) is 5.24. The van der Waals surface area contributed by atoms with Gasteiger partial charge in [0.15, 0.2) is 9.84 Å². The van der Waals surface area contributed by atoms with Crippen molar-refractivity contribution in [2.75, 3.05) is 18.8 Å². The van der Waals surface area contributed by atoms with Gasteiger partial charge < -0.3 is 5.32 Å². The molecule has 1 aliphatic heterocycles. The molecule has 0 atom stereocenters. The van der Waals surface area contributed by atoms with Crippen LogP contribution in [0.4, 0.5) is 4.39 Å². The van der Waals surface area contributed by atoms with Gasteiger partial charge in [0.2, 0.25) is 0 Å². The summed E-state index contributed by atoms with van der Waals surface area (Å²) < 4.78 is 36.0. The molecule has 0 spiro atoms. The summed E-state index contributed by atoms with van der Waals surface area (Å²) in [5.74, 6) is -0.0608. The van der Waals surface area contributed by atoms with Crippen LogP contribution in [0.15, 0.2) is 0 Å². The number of nitrogens with one attached hydrogen (secondary N) is 1. The van der Waals surface area contributed by atoms with Gasteiger partial charge in [-0.25, -0.2) is 12.8 Å². The highest BCUT2D eigenvalue weighted by atomic mass is 32.2. The fourth-order valence-electron chi connectivity index (χ4n) is 1.20. The minimum atomic E-state index is -3.17. The lowest BCUT2D eigenvalue weighted by molar-refractivity contribution is 0.0871. The monoisotopic (exact) mass is 223 g/mol. The van der Waals surface area contributed by atoms with Crippen molar-refractivity contribution in [1.82, 2.24) is 5.32 Å². The topological polar surface area (TPSA) is 46.2 Å². The van der Waals surface area contributed by atoms with Crippen LogP contribution in [0.1, 0.15) is 27.2 Å². The normalized spacial score (nSPS) is 21.7. The summed E-state index contributed by atoms with van der Waals surface area (Å²) in [5.41, 5.74) is -1.29. The first kappa shape index (κ1) is 11.9. The first-order valence-corrected chi connectivity index (χ1v) is 6.44. The standard InChI is InChI=1S/C9H18FNO2S/c1-8(2,3)14(12,13)5-4-9(10)6-11-7-9/h11H,4-7H2,1-3H3. The summed E-state index contributed by atoms with van der Waals surface area (Å²) in [5, 5.41) is 2.81. The van der Waals surface area contributed by atoms with Crippen molar-refractivity contribution in [1.29, 1.82) is 0 Å². The highest BCUT2D eigenvalue weighted by Gasteiger charge is 2.39. The van der Waals surface area contributed by atoms with E-state index in [2.05, 4.69) is 5.32 Å². The molecule has 0 bridgehead atoms. The summed E-state index contributed by atoms with van der Waals surface area (Å²) in [6, 6.07) is 0. The van der Waals surface area contributed by atoms with Crippen LogP contribution < -0.4 is 5.32 Å². The quantitative estimate of drug-likeness (QED) is 0.773. The molecule has 3 nitrogen and oxygen atoms in total. The van der Waals surface area contributed by atoms with Crippen LogP contribution in [0.2, 0.25) is 0 Å². The smallest absolute Gasteiger partial charge is 0.155 e. The van der Waals surface area contributed by atoms with Crippen molar-refractivity contribution in [3.8, 4) is 0 Å². The van der Waals surface area contributed by atoms with Crippen LogP contribution in [0, 0.1) is 0 Å². The fraction of sp³-hybridized carbons (Fsp3) is 1.00. The largest absolute Gasteiger partial charge is 0.310 e. The molecule has 1 heterocycles. The van der Waals surface area contributed by atoms with Crippen LogP contribution in [0.5, 0.6) is 0 Å². The minimum Gasteiger partial charge on any atom is -0.310 e. The number of sulfone groups is 1. The predicted molar refractivity (Wildman–Crippen MR) is 54.9 cm³/mol. The second kappa shape index (κ2) is 3.45. The lowest BCUT2D eigenvalue weighted by Gasteiger charge is -2.35. The van der Waals surface area contributed by atoms with E-state index in [1.165, 1.54) is 0 Å². The summed E-state index contributed by atoms with van der Waals surface area (Å²) in [6.45, 7) is 5.50. The number of hydrogen-bond donors (Lipinski definition) is 1. The Morgan fingerprint density at radius 3 is 2.14 bits per heavy atom. The number of alkyl halides is 1. The zero-order valence-electron chi connectivity index (χ0n) is 8.93. The van der Waals surface area contributed by atoms with Crippen LogP contribution in [0.25, 0.3) is 0 Å². The van der Waals surface area contributed by atoms with Gasteiger partial charge in [0.1, 0.15) is 5.67 Å². The molecule has 1 fully saturated rings. The number of hydrogen-bond acceptors (Lipinski definition) is 3. The molecule has 0 saturated carbocycles. The SMILES string of the molecule is CC(C)(C)S(=O)(=O)CCC1(F)CNC1. The van der Waals surface area contributed by atoms with Crippen molar-refractivity contribution in [2.45, 2.75) is 37.6 Å². The maximum atomic E-state index is 13.5. The molecule has 0 aromatic rings. The van der Waals surface area contributed by atoms with Crippen LogP contribution in [0.3, 0.4) is 0 Å². The van der Waals surface area contributed by atoms with E-state index in [0.29, 0.717) is 0 Å². The zero-order chi connectivity index (χ0) is 11.0. The van der Waals surface area contributed by atoms with E-state index >= 15 is 0 Å². The van der Waals surface area contributed by atoms with E-state index < -0.39 is 20.3 Å². The average Bonchev–Trinajstić information content (AvgIpc) is 1.95. The molecule has 0 radical (unpaired) electrons. The fourth-order valence-corrected chi connectivity index (χ4v) is 2.44. The van der Waals surface area contributed by atoms with Gasteiger partial charge >= 0.3 is 0 Å². The van der Waals surface area contributed by atoms with Gasteiger partial charge in [0, 0.05) is 13.1 Å². The van der Waals surface area contributed by atoms with Gasteiger partial charge in [-0.1, -0.05) is 0 Å².